The Kier molecular flexibility index (Phi) is 5.32. The molecule has 1 aliphatic heterocycles. The van der Waals surface area contributed by atoms with Crippen molar-refractivity contribution in [2.45, 2.75) is 26.8 Å². The van der Waals surface area contributed by atoms with Crippen molar-refractivity contribution in [2.75, 3.05) is 37.7 Å². The fraction of sp³-hybridized carbons (Fsp3) is 0.643. The normalized spacial score (nSPS) is 18.4. The molecule has 116 valence electrons. The van der Waals surface area contributed by atoms with Crippen LogP contribution in [-0.4, -0.2) is 54.7 Å². The summed E-state index contributed by atoms with van der Waals surface area (Å²) >= 11 is 0. The number of aryl methyl sites for hydroxylation is 1. The van der Waals surface area contributed by atoms with E-state index in [1.807, 2.05) is 25.7 Å². The van der Waals surface area contributed by atoms with Gasteiger partial charge in [0.05, 0.1) is 6.61 Å². The third kappa shape index (κ3) is 3.81. The summed E-state index contributed by atoms with van der Waals surface area (Å²) in [7, 11) is 0. The van der Waals surface area contributed by atoms with E-state index >= 15 is 0 Å². The van der Waals surface area contributed by atoms with E-state index in [0.29, 0.717) is 38.1 Å². The van der Waals surface area contributed by atoms with E-state index in [1.165, 1.54) is 0 Å². The number of amides is 1. The van der Waals surface area contributed by atoms with Crippen molar-refractivity contribution in [3.63, 3.8) is 0 Å². The molecule has 1 unspecified atom stereocenters. The molecule has 21 heavy (non-hydrogen) atoms. The smallest absolute Gasteiger partial charge is 0.244 e. The van der Waals surface area contributed by atoms with Crippen LogP contribution in [-0.2, 0) is 4.79 Å². The molecule has 2 rings (SSSR count). The number of nitrogens with one attached hydrogen (secondary N) is 2. The topological polar surface area (TPSA) is 79.4 Å². The number of anilines is 1. The molecular weight excluding hydrogens is 270 g/mol. The van der Waals surface area contributed by atoms with Crippen LogP contribution in [0.5, 0.6) is 5.88 Å². The van der Waals surface area contributed by atoms with Crippen LogP contribution in [0.4, 0.5) is 5.95 Å². The maximum absolute atomic E-state index is 12.2. The summed E-state index contributed by atoms with van der Waals surface area (Å²) in [4.78, 5) is 23.0. The lowest BCUT2D eigenvalue weighted by Gasteiger charge is -2.35. The zero-order valence-corrected chi connectivity index (χ0v) is 12.8. The molecule has 7 heteroatoms. The molecule has 1 aromatic rings. The number of hydrogen-bond donors (Lipinski definition) is 2. The number of aromatic nitrogens is 2. The summed E-state index contributed by atoms with van der Waals surface area (Å²) in [6.45, 7) is 8.98. The third-order valence-corrected chi connectivity index (χ3v) is 3.27. The van der Waals surface area contributed by atoms with Crippen molar-refractivity contribution in [1.82, 2.24) is 20.6 Å². The van der Waals surface area contributed by atoms with Gasteiger partial charge in [0, 0.05) is 37.9 Å². The van der Waals surface area contributed by atoms with Gasteiger partial charge in [0.1, 0.15) is 6.04 Å². The van der Waals surface area contributed by atoms with Gasteiger partial charge in [-0.3, -0.25) is 4.79 Å². The minimum atomic E-state index is -0.296. The minimum absolute atomic E-state index is 0.00670. The lowest BCUT2D eigenvalue weighted by Crippen LogP contribution is -2.58. The zero-order valence-electron chi connectivity index (χ0n) is 12.8. The molecule has 0 saturated carbocycles. The van der Waals surface area contributed by atoms with Crippen LogP contribution in [0.1, 0.15) is 19.5 Å². The van der Waals surface area contributed by atoms with Gasteiger partial charge in [-0.2, -0.15) is 4.98 Å². The van der Waals surface area contributed by atoms with Gasteiger partial charge in [0.2, 0.25) is 17.7 Å². The number of hydrogen-bond acceptors (Lipinski definition) is 6. The summed E-state index contributed by atoms with van der Waals surface area (Å²) in [5.41, 5.74) is 0.830. The second-order valence-electron chi connectivity index (χ2n) is 4.89. The van der Waals surface area contributed by atoms with Crippen molar-refractivity contribution < 1.29 is 9.53 Å². The Morgan fingerprint density at radius 3 is 3.05 bits per heavy atom. The van der Waals surface area contributed by atoms with Gasteiger partial charge in [0.15, 0.2) is 0 Å². The van der Waals surface area contributed by atoms with Crippen LogP contribution in [0.3, 0.4) is 0 Å². The molecule has 2 heterocycles. The van der Waals surface area contributed by atoms with Gasteiger partial charge in [-0.25, -0.2) is 4.98 Å². The third-order valence-electron chi connectivity index (χ3n) is 3.27. The Balaban J connectivity index is 2.26. The number of carbonyl (C=O) groups is 1. The van der Waals surface area contributed by atoms with E-state index in [1.54, 1.807) is 6.07 Å². The maximum Gasteiger partial charge on any atom is 0.244 e. The second-order valence-corrected chi connectivity index (χ2v) is 4.89. The Morgan fingerprint density at radius 1 is 1.52 bits per heavy atom. The fourth-order valence-electron chi connectivity index (χ4n) is 2.34. The van der Waals surface area contributed by atoms with Gasteiger partial charge >= 0.3 is 0 Å². The maximum atomic E-state index is 12.2. The molecule has 7 nitrogen and oxygen atoms in total. The van der Waals surface area contributed by atoms with E-state index in [9.17, 15) is 4.79 Å². The Hall–Kier alpha value is -1.89. The first-order valence-electron chi connectivity index (χ1n) is 7.39. The molecule has 1 aliphatic rings. The molecule has 1 aromatic heterocycles. The molecule has 1 amide bonds. The highest BCUT2D eigenvalue weighted by atomic mass is 16.5. The van der Waals surface area contributed by atoms with Crippen LogP contribution >= 0.6 is 0 Å². The van der Waals surface area contributed by atoms with Crippen molar-refractivity contribution in [3.05, 3.63) is 11.8 Å². The Labute approximate surface area is 125 Å². The fourth-order valence-corrected chi connectivity index (χ4v) is 2.34. The van der Waals surface area contributed by atoms with Crippen molar-refractivity contribution >= 4 is 11.9 Å². The Morgan fingerprint density at radius 2 is 2.33 bits per heavy atom. The standard InChI is InChI=1S/C14H23N5O2/c1-4-16-13(20)11-9-15-6-7-19(11)14-17-10(3)8-12(18-14)21-5-2/h8,11,15H,4-7,9H2,1-3H3,(H,16,20). The summed E-state index contributed by atoms with van der Waals surface area (Å²) in [5.74, 6) is 1.09. The first kappa shape index (κ1) is 15.5. The molecule has 1 atom stereocenters. The van der Waals surface area contributed by atoms with Crippen LogP contribution in [0.25, 0.3) is 0 Å². The van der Waals surface area contributed by atoms with Gasteiger partial charge in [-0.15, -0.1) is 0 Å². The summed E-state index contributed by atoms with van der Waals surface area (Å²) in [5, 5.41) is 6.10. The number of carbonyl (C=O) groups excluding carboxylic acids is 1. The monoisotopic (exact) mass is 293 g/mol. The summed E-state index contributed by atoms with van der Waals surface area (Å²) < 4.78 is 5.47. The molecule has 0 bridgehead atoms. The molecular formula is C14H23N5O2. The van der Waals surface area contributed by atoms with Gasteiger partial charge in [-0.1, -0.05) is 0 Å². The highest BCUT2D eigenvalue weighted by Crippen LogP contribution is 2.18. The van der Waals surface area contributed by atoms with Crippen molar-refractivity contribution in [2.24, 2.45) is 0 Å². The van der Waals surface area contributed by atoms with E-state index < -0.39 is 0 Å². The lowest BCUT2D eigenvalue weighted by atomic mass is 10.2. The van der Waals surface area contributed by atoms with Crippen LogP contribution in [0.2, 0.25) is 0 Å². The molecule has 0 radical (unpaired) electrons. The van der Waals surface area contributed by atoms with Crippen LogP contribution < -0.4 is 20.3 Å². The lowest BCUT2D eigenvalue weighted by molar-refractivity contribution is -0.122. The largest absolute Gasteiger partial charge is 0.478 e. The van der Waals surface area contributed by atoms with E-state index in [0.717, 1.165) is 12.2 Å². The average Bonchev–Trinajstić information content (AvgIpc) is 2.47. The predicted molar refractivity (Wildman–Crippen MR) is 80.6 cm³/mol. The molecule has 1 fully saturated rings. The number of piperazine rings is 1. The van der Waals surface area contributed by atoms with Crippen molar-refractivity contribution in [3.8, 4) is 5.88 Å². The first-order chi connectivity index (χ1) is 10.2. The number of likely N-dealkylation sites (N-methyl/N-ethyl adjacent to an activating group) is 1. The quantitative estimate of drug-likeness (QED) is 0.801. The van der Waals surface area contributed by atoms with Gasteiger partial charge in [0.25, 0.3) is 0 Å². The van der Waals surface area contributed by atoms with Crippen molar-refractivity contribution in [1.29, 1.82) is 0 Å². The predicted octanol–water partition coefficient (Wildman–Crippen LogP) is 0.0980. The van der Waals surface area contributed by atoms with Gasteiger partial charge in [-0.05, 0) is 20.8 Å². The minimum Gasteiger partial charge on any atom is -0.478 e. The number of rotatable bonds is 5. The molecule has 0 spiro atoms. The van der Waals surface area contributed by atoms with E-state index in [-0.39, 0.29) is 11.9 Å². The van der Waals surface area contributed by atoms with E-state index in [4.69, 9.17) is 4.74 Å². The molecule has 2 N–H and O–H groups in total. The first-order valence-corrected chi connectivity index (χ1v) is 7.39. The average molecular weight is 293 g/mol. The molecule has 0 aromatic carbocycles. The highest BCUT2D eigenvalue weighted by molar-refractivity contribution is 5.85. The highest BCUT2D eigenvalue weighted by Gasteiger charge is 2.30. The second kappa shape index (κ2) is 7.21. The number of ether oxygens (including phenoxy) is 1. The molecule has 1 saturated heterocycles. The number of nitrogens with zero attached hydrogens (tertiary/aromatic N) is 3. The zero-order chi connectivity index (χ0) is 15.2. The Bertz CT molecular complexity index is 494. The SMILES string of the molecule is CCNC(=O)C1CNCCN1c1nc(C)cc(OCC)n1. The summed E-state index contributed by atoms with van der Waals surface area (Å²) in [6, 6.07) is 1.51. The van der Waals surface area contributed by atoms with E-state index in [2.05, 4.69) is 20.6 Å². The van der Waals surface area contributed by atoms with Gasteiger partial charge < -0.3 is 20.3 Å². The van der Waals surface area contributed by atoms with Crippen LogP contribution in [0.15, 0.2) is 6.07 Å². The molecule has 0 aliphatic carbocycles. The van der Waals surface area contributed by atoms with Crippen LogP contribution in [0, 0.1) is 6.92 Å². The summed E-state index contributed by atoms with van der Waals surface area (Å²) in [6.07, 6.45) is 0.